The molecule has 0 spiro atoms. The molecule has 1 saturated heterocycles. The largest absolute Gasteiger partial charge is 0.393 e. The first-order chi connectivity index (χ1) is 13.0. The van der Waals surface area contributed by atoms with Crippen LogP contribution in [0, 0.1) is 0 Å². The standard InChI is InChI=1S/C20H22BrN3O3/c21-15-3-5-16(6-4-15)23-19(26)13-22-20(27)14-1-7-17(8-2-14)24-11-9-18(25)10-12-24/h1-8,18,25H,9-13H2,(H,22,27)(H,23,26). The third kappa shape index (κ3) is 5.55. The molecule has 0 atom stereocenters. The van der Waals surface area contributed by atoms with E-state index in [1.807, 2.05) is 24.3 Å². The topological polar surface area (TPSA) is 81.7 Å². The molecule has 7 heteroatoms. The fourth-order valence-corrected chi connectivity index (χ4v) is 3.21. The van der Waals surface area contributed by atoms with Gasteiger partial charge in [0, 0.05) is 34.5 Å². The number of aliphatic hydroxyl groups is 1. The van der Waals surface area contributed by atoms with Gasteiger partial charge >= 0.3 is 0 Å². The lowest BCUT2D eigenvalue weighted by molar-refractivity contribution is -0.115. The Labute approximate surface area is 166 Å². The number of nitrogens with one attached hydrogen (secondary N) is 2. The Hall–Kier alpha value is -2.38. The first kappa shape index (κ1) is 19.4. The number of rotatable bonds is 5. The summed E-state index contributed by atoms with van der Waals surface area (Å²) in [4.78, 5) is 26.4. The van der Waals surface area contributed by atoms with Gasteiger partial charge in [-0.25, -0.2) is 0 Å². The lowest BCUT2D eigenvalue weighted by Crippen LogP contribution is -2.36. The molecule has 2 aromatic rings. The molecule has 1 aliphatic rings. The zero-order valence-corrected chi connectivity index (χ0v) is 16.4. The third-order valence-corrected chi connectivity index (χ3v) is 5.03. The highest BCUT2D eigenvalue weighted by Crippen LogP contribution is 2.20. The summed E-state index contributed by atoms with van der Waals surface area (Å²) < 4.78 is 0.929. The Morgan fingerprint density at radius 1 is 1.04 bits per heavy atom. The van der Waals surface area contributed by atoms with Gasteiger partial charge in [0.1, 0.15) is 0 Å². The van der Waals surface area contributed by atoms with Gasteiger partial charge < -0.3 is 20.6 Å². The van der Waals surface area contributed by atoms with Crippen LogP contribution in [0.4, 0.5) is 11.4 Å². The smallest absolute Gasteiger partial charge is 0.251 e. The van der Waals surface area contributed by atoms with Crippen LogP contribution in [0.5, 0.6) is 0 Å². The number of hydrogen-bond donors (Lipinski definition) is 3. The van der Waals surface area contributed by atoms with Gasteiger partial charge in [-0.3, -0.25) is 9.59 Å². The Kier molecular flexibility index (Phi) is 6.47. The van der Waals surface area contributed by atoms with Gasteiger partial charge in [0.05, 0.1) is 12.6 Å². The lowest BCUT2D eigenvalue weighted by Gasteiger charge is -2.31. The van der Waals surface area contributed by atoms with Crippen molar-refractivity contribution in [3.8, 4) is 0 Å². The molecule has 0 saturated carbocycles. The van der Waals surface area contributed by atoms with Crippen molar-refractivity contribution >= 4 is 39.1 Å². The molecule has 2 amide bonds. The normalized spacial score (nSPS) is 14.7. The van der Waals surface area contributed by atoms with Crippen molar-refractivity contribution in [1.82, 2.24) is 5.32 Å². The van der Waals surface area contributed by atoms with Crippen LogP contribution in [0.15, 0.2) is 53.0 Å². The summed E-state index contributed by atoms with van der Waals surface area (Å²) in [5.41, 5.74) is 2.21. The second-order valence-electron chi connectivity index (χ2n) is 6.50. The fraction of sp³-hybridized carbons (Fsp3) is 0.300. The molecule has 2 aromatic carbocycles. The predicted octanol–water partition coefficient (Wildman–Crippen LogP) is 2.78. The quantitative estimate of drug-likeness (QED) is 0.679. The Morgan fingerprint density at radius 2 is 1.67 bits per heavy atom. The van der Waals surface area contributed by atoms with Crippen molar-refractivity contribution in [2.45, 2.75) is 18.9 Å². The number of nitrogens with zero attached hydrogens (tertiary/aromatic N) is 1. The van der Waals surface area contributed by atoms with Gasteiger partial charge in [-0.15, -0.1) is 0 Å². The molecular formula is C20H22BrN3O3. The molecule has 0 aromatic heterocycles. The van der Waals surface area contributed by atoms with Crippen LogP contribution >= 0.6 is 15.9 Å². The third-order valence-electron chi connectivity index (χ3n) is 4.50. The van der Waals surface area contributed by atoms with Crippen LogP contribution in [0.25, 0.3) is 0 Å². The van der Waals surface area contributed by atoms with E-state index >= 15 is 0 Å². The molecule has 6 nitrogen and oxygen atoms in total. The first-order valence-electron chi connectivity index (χ1n) is 8.88. The van der Waals surface area contributed by atoms with E-state index in [0.29, 0.717) is 11.3 Å². The van der Waals surface area contributed by atoms with Crippen LogP contribution in [0.1, 0.15) is 23.2 Å². The van der Waals surface area contributed by atoms with Crippen molar-refractivity contribution in [3.63, 3.8) is 0 Å². The number of aliphatic hydroxyl groups excluding tert-OH is 1. The summed E-state index contributed by atoms with van der Waals surface area (Å²) in [7, 11) is 0. The summed E-state index contributed by atoms with van der Waals surface area (Å²) in [6.45, 7) is 1.52. The van der Waals surface area contributed by atoms with Crippen LogP contribution in [0.3, 0.4) is 0 Å². The molecule has 0 aliphatic carbocycles. The Balaban J connectivity index is 1.49. The number of halogens is 1. The number of piperidine rings is 1. The molecule has 3 N–H and O–H groups in total. The number of amides is 2. The van der Waals surface area contributed by atoms with Crippen molar-refractivity contribution in [1.29, 1.82) is 0 Å². The number of benzene rings is 2. The van der Waals surface area contributed by atoms with Gasteiger partial charge in [0.25, 0.3) is 5.91 Å². The molecule has 1 heterocycles. The van der Waals surface area contributed by atoms with Crippen molar-refractivity contribution in [2.75, 3.05) is 29.9 Å². The monoisotopic (exact) mass is 431 g/mol. The van der Waals surface area contributed by atoms with E-state index in [-0.39, 0.29) is 24.5 Å². The molecular weight excluding hydrogens is 410 g/mol. The predicted molar refractivity (Wildman–Crippen MR) is 109 cm³/mol. The average Bonchev–Trinajstić information content (AvgIpc) is 2.69. The van der Waals surface area contributed by atoms with Gasteiger partial charge in [0.2, 0.25) is 5.91 Å². The van der Waals surface area contributed by atoms with Crippen LogP contribution < -0.4 is 15.5 Å². The van der Waals surface area contributed by atoms with Gasteiger partial charge in [-0.05, 0) is 61.4 Å². The van der Waals surface area contributed by atoms with Crippen molar-refractivity contribution in [2.24, 2.45) is 0 Å². The number of anilines is 2. The van der Waals surface area contributed by atoms with Crippen LogP contribution in [-0.2, 0) is 4.79 Å². The van der Waals surface area contributed by atoms with E-state index in [9.17, 15) is 14.7 Å². The molecule has 0 bridgehead atoms. The van der Waals surface area contributed by atoms with Crippen molar-refractivity contribution < 1.29 is 14.7 Å². The zero-order valence-electron chi connectivity index (χ0n) is 14.8. The number of hydrogen-bond acceptors (Lipinski definition) is 4. The second-order valence-corrected chi connectivity index (χ2v) is 7.42. The number of carbonyl (C=O) groups excluding carboxylic acids is 2. The maximum Gasteiger partial charge on any atom is 0.251 e. The van der Waals surface area contributed by atoms with E-state index in [1.54, 1.807) is 24.3 Å². The van der Waals surface area contributed by atoms with E-state index in [0.717, 1.165) is 36.1 Å². The van der Waals surface area contributed by atoms with Crippen molar-refractivity contribution in [3.05, 3.63) is 58.6 Å². The molecule has 27 heavy (non-hydrogen) atoms. The van der Waals surface area contributed by atoms with Gasteiger partial charge in [-0.2, -0.15) is 0 Å². The second kappa shape index (κ2) is 9.01. The minimum absolute atomic E-state index is 0.0966. The van der Waals surface area contributed by atoms with E-state index in [1.165, 1.54) is 0 Å². The summed E-state index contributed by atoms with van der Waals surface area (Å²) in [6.07, 6.45) is 1.31. The molecule has 142 valence electrons. The summed E-state index contributed by atoms with van der Waals surface area (Å²) >= 11 is 3.34. The lowest BCUT2D eigenvalue weighted by atomic mass is 10.1. The van der Waals surface area contributed by atoms with E-state index in [4.69, 9.17) is 0 Å². The van der Waals surface area contributed by atoms with E-state index in [2.05, 4.69) is 31.5 Å². The molecule has 3 rings (SSSR count). The van der Waals surface area contributed by atoms with E-state index < -0.39 is 0 Å². The number of carbonyl (C=O) groups is 2. The SMILES string of the molecule is O=C(CNC(=O)c1ccc(N2CCC(O)CC2)cc1)Nc1ccc(Br)cc1. The zero-order chi connectivity index (χ0) is 19.2. The first-order valence-corrected chi connectivity index (χ1v) is 9.67. The minimum Gasteiger partial charge on any atom is -0.393 e. The summed E-state index contributed by atoms with van der Waals surface area (Å²) in [5.74, 6) is -0.573. The fourth-order valence-electron chi connectivity index (χ4n) is 2.95. The van der Waals surface area contributed by atoms with Crippen LogP contribution in [0.2, 0.25) is 0 Å². The van der Waals surface area contributed by atoms with Crippen LogP contribution in [-0.4, -0.2) is 42.7 Å². The highest BCUT2D eigenvalue weighted by atomic mass is 79.9. The maximum atomic E-state index is 12.2. The molecule has 0 radical (unpaired) electrons. The molecule has 0 unspecified atom stereocenters. The highest BCUT2D eigenvalue weighted by Gasteiger charge is 2.17. The Morgan fingerprint density at radius 3 is 2.30 bits per heavy atom. The minimum atomic E-state index is -0.290. The average molecular weight is 432 g/mol. The maximum absolute atomic E-state index is 12.2. The molecule has 1 fully saturated rings. The molecule has 1 aliphatic heterocycles. The summed E-state index contributed by atoms with van der Waals surface area (Å²) in [5, 5.41) is 14.9. The van der Waals surface area contributed by atoms with Gasteiger partial charge in [-0.1, -0.05) is 15.9 Å². The highest BCUT2D eigenvalue weighted by molar-refractivity contribution is 9.10. The van der Waals surface area contributed by atoms with Gasteiger partial charge in [0.15, 0.2) is 0 Å². The Bertz CT molecular complexity index is 785. The summed E-state index contributed by atoms with van der Waals surface area (Å²) in [6, 6.07) is 14.5.